The lowest BCUT2D eigenvalue weighted by Gasteiger charge is -2.29. The summed E-state index contributed by atoms with van der Waals surface area (Å²) in [6, 6.07) is 0. The van der Waals surface area contributed by atoms with Crippen molar-refractivity contribution in [2.75, 3.05) is 26.8 Å². The normalized spacial score (nSPS) is 26.6. The van der Waals surface area contributed by atoms with Crippen LogP contribution in [0.15, 0.2) is 0 Å². The SMILES string of the molecule is CCC.COCC[C@H]1CNCC[C@@H]1C. The van der Waals surface area contributed by atoms with Gasteiger partial charge in [0.15, 0.2) is 0 Å². The average molecular weight is 201 g/mol. The first-order valence-electron chi connectivity index (χ1n) is 5.95. The van der Waals surface area contributed by atoms with Crippen molar-refractivity contribution in [3.8, 4) is 0 Å². The fourth-order valence-corrected chi connectivity index (χ4v) is 1.71. The predicted molar refractivity (Wildman–Crippen MR) is 62.6 cm³/mol. The molecule has 1 heterocycles. The second-order valence-corrected chi connectivity index (χ2v) is 4.22. The Bertz CT molecular complexity index is 117. The Hall–Kier alpha value is -0.0800. The molecule has 0 amide bonds. The molecule has 0 aromatic heterocycles. The van der Waals surface area contributed by atoms with Crippen LogP contribution in [-0.4, -0.2) is 26.8 Å². The second kappa shape index (κ2) is 9.47. The van der Waals surface area contributed by atoms with Gasteiger partial charge in [-0.05, 0) is 37.8 Å². The quantitative estimate of drug-likeness (QED) is 0.758. The molecule has 0 radical (unpaired) electrons. The van der Waals surface area contributed by atoms with E-state index in [0.29, 0.717) is 0 Å². The number of hydrogen-bond acceptors (Lipinski definition) is 2. The fourth-order valence-electron chi connectivity index (χ4n) is 1.71. The summed E-state index contributed by atoms with van der Waals surface area (Å²) >= 11 is 0. The minimum Gasteiger partial charge on any atom is -0.385 e. The first kappa shape index (κ1) is 13.9. The minimum absolute atomic E-state index is 0.837. The number of hydrogen-bond donors (Lipinski definition) is 1. The summed E-state index contributed by atoms with van der Waals surface area (Å²) in [6.45, 7) is 9.90. The molecular formula is C12H27NO. The first-order chi connectivity index (χ1) is 6.76. The molecule has 2 atom stereocenters. The standard InChI is InChI=1S/C9H19NO.C3H8/c1-8-3-5-10-7-9(8)4-6-11-2;1-3-2/h8-10H,3-7H2,1-2H3;3H2,1-2H3/t8-,9-;/m0./s1. The Balaban J connectivity index is 0.000000500. The van der Waals surface area contributed by atoms with Crippen molar-refractivity contribution in [2.24, 2.45) is 11.8 Å². The first-order valence-corrected chi connectivity index (χ1v) is 5.95. The third-order valence-corrected chi connectivity index (χ3v) is 2.68. The number of nitrogens with one attached hydrogen (secondary N) is 1. The molecule has 1 saturated heterocycles. The van der Waals surface area contributed by atoms with Gasteiger partial charge in [0.2, 0.25) is 0 Å². The smallest absolute Gasteiger partial charge is 0.0465 e. The molecule has 0 spiro atoms. The highest BCUT2D eigenvalue weighted by molar-refractivity contribution is 4.74. The molecule has 1 rings (SSSR count). The molecule has 0 unspecified atom stereocenters. The van der Waals surface area contributed by atoms with Gasteiger partial charge in [-0.1, -0.05) is 27.2 Å². The summed E-state index contributed by atoms with van der Waals surface area (Å²) in [6.07, 6.45) is 3.79. The summed E-state index contributed by atoms with van der Waals surface area (Å²) in [5.41, 5.74) is 0. The predicted octanol–water partition coefficient (Wildman–Crippen LogP) is 2.68. The maximum absolute atomic E-state index is 5.07. The zero-order chi connectivity index (χ0) is 10.8. The molecule has 0 aromatic rings. The van der Waals surface area contributed by atoms with Crippen LogP contribution < -0.4 is 5.32 Å². The monoisotopic (exact) mass is 201 g/mol. The molecule has 14 heavy (non-hydrogen) atoms. The lowest BCUT2D eigenvalue weighted by Crippen LogP contribution is -2.35. The van der Waals surface area contributed by atoms with Crippen molar-refractivity contribution in [1.29, 1.82) is 0 Å². The molecule has 2 heteroatoms. The summed E-state index contributed by atoms with van der Waals surface area (Å²) < 4.78 is 5.07. The van der Waals surface area contributed by atoms with Crippen LogP contribution >= 0.6 is 0 Å². The molecule has 1 aliphatic heterocycles. The van der Waals surface area contributed by atoms with Crippen molar-refractivity contribution in [1.82, 2.24) is 5.32 Å². The van der Waals surface area contributed by atoms with Gasteiger partial charge in [-0.2, -0.15) is 0 Å². The van der Waals surface area contributed by atoms with E-state index in [2.05, 4.69) is 26.1 Å². The van der Waals surface area contributed by atoms with Gasteiger partial charge in [0.25, 0.3) is 0 Å². The van der Waals surface area contributed by atoms with Crippen LogP contribution in [0.1, 0.15) is 40.0 Å². The minimum atomic E-state index is 0.837. The van der Waals surface area contributed by atoms with E-state index in [4.69, 9.17) is 4.74 Å². The van der Waals surface area contributed by atoms with Crippen molar-refractivity contribution >= 4 is 0 Å². The molecule has 1 fully saturated rings. The van der Waals surface area contributed by atoms with Gasteiger partial charge in [-0.25, -0.2) is 0 Å². The van der Waals surface area contributed by atoms with E-state index in [-0.39, 0.29) is 0 Å². The Kier molecular flexibility index (Phi) is 9.42. The molecule has 2 nitrogen and oxygen atoms in total. The van der Waals surface area contributed by atoms with Gasteiger partial charge in [-0.3, -0.25) is 0 Å². The topological polar surface area (TPSA) is 21.3 Å². The van der Waals surface area contributed by atoms with Crippen LogP contribution in [0.2, 0.25) is 0 Å². The Morgan fingerprint density at radius 1 is 1.36 bits per heavy atom. The van der Waals surface area contributed by atoms with Crippen molar-refractivity contribution in [2.45, 2.75) is 40.0 Å². The maximum Gasteiger partial charge on any atom is 0.0465 e. The van der Waals surface area contributed by atoms with E-state index in [1.165, 1.54) is 32.4 Å². The average Bonchev–Trinajstić information content (AvgIpc) is 2.18. The third-order valence-electron chi connectivity index (χ3n) is 2.68. The summed E-state index contributed by atoms with van der Waals surface area (Å²) in [7, 11) is 1.78. The van der Waals surface area contributed by atoms with Gasteiger partial charge >= 0.3 is 0 Å². The van der Waals surface area contributed by atoms with Gasteiger partial charge in [-0.15, -0.1) is 0 Å². The van der Waals surface area contributed by atoms with Crippen molar-refractivity contribution in [3.05, 3.63) is 0 Å². The van der Waals surface area contributed by atoms with Gasteiger partial charge in [0.1, 0.15) is 0 Å². The van der Waals surface area contributed by atoms with Gasteiger partial charge in [0, 0.05) is 13.7 Å². The highest BCUT2D eigenvalue weighted by Crippen LogP contribution is 2.20. The zero-order valence-corrected chi connectivity index (χ0v) is 10.3. The van der Waals surface area contributed by atoms with Crippen LogP contribution in [0.5, 0.6) is 0 Å². The van der Waals surface area contributed by atoms with Gasteiger partial charge < -0.3 is 10.1 Å². The molecule has 0 aromatic carbocycles. The number of rotatable bonds is 3. The van der Waals surface area contributed by atoms with Crippen LogP contribution in [0, 0.1) is 11.8 Å². The Morgan fingerprint density at radius 3 is 2.50 bits per heavy atom. The van der Waals surface area contributed by atoms with E-state index in [1.807, 2.05) is 0 Å². The molecule has 1 aliphatic rings. The van der Waals surface area contributed by atoms with E-state index in [1.54, 1.807) is 7.11 Å². The molecular weight excluding hydrogens is 174 g/mol. The largest absolute Gasteiger partial charge is 0.385 e. The lowest BCUT2D eigenvalue weighted by atomic mass is 9.86. The summed E-state index contributed by atoms with van der Waals surface area (Å²) in [5.74, 6) is 1.72. The Labute approximate surface area is 89.4 Å². The van der Waals surface area contributed by atoms with Crippen molar-refractivity contribution in [3.63, 3.8) is 0 Å². The van der Waals surface area contributed by atoms with E-state index < -0.39 is 0 Å². The lowest BCUT2D eigenvalue weighted by molar-refractivity contribution is 0.150. The second-order valence-electron chi connectivity index (χ2n) is 4.22. The summed E-state index contributed by atoms with van der Waals surface area (Å²) in [5, 5.41) is 3.42. The Morgan fingerprint density at radius 2 is 2.00 bits per heavy atom. The van der Waals surface area contributed by atoms with E-state index in [0.717, 1.165) is 18.4 Å². The van der Waals surface area contributed by atoms with Crippen LogP contribution in [0.3, 0.4) is 0 Å². The highest BCUT2D eigenvalue weighted by atomic mass is 16.5. The van der Waals surface area contributed by atoms with E-state index in [9.17, 15) is 0 Å². The van der Waals surface area contributed by atoms with E-state index >= 15 is 0 Å². The molecule has 86 valence electrons. The molecule has 0 saturated carbocycles. The molecule has 0 aliphatic carbocycles. The van der Waals surface area contributed by atoms with Crippen LogP contribution in [-0.2, 0) is 4.74 Å². The van der Waals surface area contributed by atoms with Crippen LogP contribution in [0.25, 0.3) is 0 Å². The van der Waals surface area contributed by atoms with Crippen LogP contribution in [0.4, 0.5) is 0 Å². The number of methoxy groups -OCH3 is 1. The van der Waals surface area contributed by atoms with Crippen molar-refractivity contribution < 1.29 is 4.74 Å². The number of piperidine rings is 1. The third kappa shape index (κ3) is 6.39. The summed E-state index contributed by atoms with van der Waals surface area (Å²) in [4.78, 5) is 0. The van der Waals surface area contributed by atoms with Gasteiger partial charge in [0.05, 0.1) is 0 Å². The maximum atomic E-state index is 5.07. The fraction of sp³-hybridized carbons (Fsp3) is 1.00. The zero-order valence-electron chi connectivity index (χ0n) is 10.3. The number of ether oxygens (including phenoxy) is 1. The molecule has 0 bridgehead atoms. The molecule has 1 N–H and O–H groups in total. The highest BCUT2D eigenvalue weighted by Gasteiger charge is 2.19.